The van der Waals surface area contributed by atoms with Gasteiger partial charge in [-0.15, -0.1) is 11.3 Å². The number of thiophene rings is 1. The van der Waals surface area contributed by atoms with Crippen LogP contribution in [0.2, 0.25) is 0 Å². The van der Waals surface area contributed by atoms with E-state index < -0.39 is 11.8 Å². The molecule has 0 bridgehead atoms. The number of hydrogen-bond donors (Lipinski definition) is 2. The zero-order valence-corrected chi connectivity index (χ0v) is 17.2. The van der Waals surface area contributed by atoms with Crippen LogP contribution in [0.25, 0.3) is 0 Å². The maximum atomic E-state index is 13.2. The quantitative estimate of drug-likeness (QED) is 0.657. The third-order valence-electron chi connectivity index (χ3n) is 5.22. The largest absolute Gasteiger partial charge is 0.366 e. The monoisotopic (exact) mass is 419 g/mol. The first-order valence-corrected chi connectivity index (χ1v) is 10.4. The third-order valence-corrected chi connectivity index (χ3v) is 6.16. The molecule has 2 atom stereocenters. The summed E-state index contributed by atoms with van der Waals surface area (Å²) in [5, 5.41) is 4.79. The molecule has 2 unspecified atom stereocenters. The molecule has 1 saturated heterocycles. The van der Waals surface area contributed by atoms with Crippen molar-refractivity contribution in [3.63, 3.8) is 0 Å². The van der Waals surface area contributed by atoms with Crippen LogP contribution in [0.3, 0.4) is 0 Å². The van der Waals surface area contributed by atoms with E-state index in [2.05, 4.69) is 5.32 Å². The maximum Gasteiger partial charge on any atom is 0.248 e. The first kappa shape index (κ1) is 19.8. The fraction of sp³-hybridized carbons (Fsp3) is 0.174. The second-order valence-electron chi connectivity index (χ2n) is 7.30. The lowest BCUT2D eigenvalue weighted by molar-refractivity contribution is -0.122. The number of hydrogen-bond acceptors (Lipinski definition) is 4. The van der Waals surface area contributed by atoms with E-state index in [1.165, 1.54) is 17.4 Å². The lowest BCUT2D eigenvalue weighted by atomic mass is 9.97. The zero-order valence-electron chi connectivity index (χ0n) is 16.4. The van der Waals surface area contributed by atoms with Crippen molar-refractivity contribution in [3.8, 4) is 0 Å². The Kier molecular flexibility index (Phi) is 5.37. The lowest BCUT2D eigenvalue weighted by Crippen LogP contribution is -2.32. The van der Waals surface area contributed by atoms with E-state index in [4.69, 9.17) is 5.73 Å². The first-order valence-electron chi connectivity index (χ1n) is 9.57. The van der Waals surface area contributed by atoms with Gasteiger partial charge in [0.1, 0.15) is 0 Å². The minimum Gasteiger partial charge on any atom is -0.366 e. The normalized spacial score (nSPS) is 18.4. The number of rotatable bonds is 5. The summed E-state index contributed by atoms with van der Waals surface area (Å²) in [6.07, 6.45) is 0.109. The molecule has 6 nitrogen and oxygen atoms in total. The zero-order chi connectivity index (χ0) is 21.3. The number of carbonyl (C=O) groups excluding carboxylic acids is 3. The first-order chi connectivity index (χ1) is 14.4. The predicted octanol–water partition coefficient (Wildman–Crippen LogP) is 3.89. The molecule has 0 radical (unpaired) electrons. The Morgan fingerprint density at radius 2 is 1.87 bits per heavy atom. The van der Waals surface area contributed by atoms with Crippen LogP contribution in [0.5, 0.6) is 0 Å². The van der Waals surface area contributed by atoms with E-state index in [-0.39, 0.29) is 24.3 Å². The van der Waals surface area contributed by atoms with Gasteiger partial charge in [-0.1, -0.05) is 29.8 Å². The Bertz CT molecular complexity index is 1090. The number of carbonyl (C=O) groups is 3. The van der Waals surface area contributed by atoms with Gasteiger partial charge in [0.2, 0.25) is 17.7 Å². The predicted molar refractivity (Wildman–Crippen MR) is 117 cm³/mol. The Morgan fingerprint density at radius 1 is 1.10 bits per heavy atom. The molecule has 3 amide bonds. The molecule has 0 saturated carbocycles. The van der Waals surface area contributed by atoms with Gasteiger partial charge in [0.05, 0.1) is 12.0 Å². The summed E-state index contributed by atoms with van der Waals surface area (Å²) in [4.78, 5) is 40.2. The number of anilines is 2. The van der Waals surface area contributed by atoms with E-state index >= 15 is 0 Å². The number of nitrogens with zero attached hydrogens (tertiary/aromatic N) is 1. The average molecular weight is 420 g/mol. The molecule has 1 aliphatic heterocycles. The van der Waals surface area contributed by atoms with E-state index in [0.29, 0.717) is 11.3 Å². The van der Waals surface area contributed by atoms with Crippen LogP contribution in [0, 0.1) is 12.8 Å². The molecule has 1 fully saturated rings. The molecule has 3 aromatic rings. The molecular formula is C23H21N3O3S. The molecule has 1 aromatic heterocycles. The maximum absolute atomic E-state index is 13.2. The van der Waals surface area contributed by atoms with Crippen molar-refractivity contribution in [2.75, 3.05) is 10.2 Å². The van der Waals surface area contributed by atoms with Crippen LogP contribution < -0.4 is 16.0 Å². The molecule has 4 rings (SSSR count). The highest BCUT2D eigenvalue weighted by Crippen LogP contribution is 2.43. The highest BCUT2D eigenvalue weighted by Gasteiger charge is 2.45. The van der Waals surface area contributed by atoms with Crippen molar-refractivity contribution in [1.82, 2.24) is 0 Å². The number of nitrogens with two attached hydrogens (primary N) is 1. The molecule has 7 heteroatoms. The highest BCUT2D eigenvalue weighted by atomic mass is 32.1. The molecule has 0 spiro atoms. The van der Waals surface area contributed by atoms with Crippen LogP contribution in [0.4, 0.5) is 11.4 Å². The Morgan fingerprint density at radius 3 is 2.53 bits per heavy atom. The van der Waals surface area contributed by atoms with Crippen molar-refractivity contribution in [2.24, 2.45) is 11.7 Å². The van der Waals surface area contributed by atoms with Gasteiger partial charge in [-0.3, -0.25) is 14.4 Å². The Balaban J connectivity index is 1.65. The second-order valence-corrected chi connectivity index (χ2v) is 8.28. The molecule has 30 heavy (non-hydrogen) atoms. The van der Waals surface area contributed by atoms with E-state index in [9.17, 15) is 14.4 Å². The Labute approximate surface area is 178 Å². The third kappa shape index (κ3) is 3.84. The van der Waals surface area contributed by atoms with Gasteiger partial charge in [-0.05, 0) is 48.7 Å². The number of primary amides is 1. The average Bonchev–Trinajstić information content (AvgIpc) is 3.36. The van der Waals surface area contributed by atoms with Crippen molar-refractivity contribution in [2.45, 2.75) is 19.4 Å². The van der Waals surface area contributed by atoms with Crippen molar-refractivity contribution in [3.05, 3.63) is 82.0 Å². The molecular weight excluding hydrogens is 398 g/mol. The number of aryl methyl sites for hydroxylation is 1. The number of amides is 3. The summed E-state index contributed by atoms with van der Waals surface area (Å²) in [5.74, 6) is -1.49. The molecule has 0 aliphatic carbocycles. The van der Waals surface area contributed by atoms with E-state index in [1.807, 2.05) is 48.7 Å². The van der Waals surface area contributed by atoms with Gasteiger partial charge >= 0.3 is 0 Å². The molecule has 1 aliphatic rings. The van der Waals surface area contributed by atoms with Gasteiger partial charge in [0.25, 0.3) is 0 Å². The summed E-state index contributed by atoms with van der Waals surface area (Å²) in [6, 6.07) is 17.7. The van der Waals surface area contributed by atoms with Crippen LogP contribution in [-0.2, 0) is 9.59 Å². The van der Waals surface area contributed by atoms with Gasteiger partial charge < -0.3 is 16.0 Å². The number of nitrogens with one attached hydrogen (secondary N) is 1. The van der Waals surface area contributed by atoms with Crippen LogP contribution in [-0.4, -0.2) is 17.7 Å². The fourth-order valence-corrected chi connectivity index (χ4v) is 4.63. The highest BCUT2D eigenvalue weighted by molar-refractivity contribution is 7.10. The van der Waals surface area contributed by atoms with Gasteiger partial charge in [0.15, 0.2) is 0 Å². The van der Waals surface area contributed by atoms with Gasteiger partial charge in [-0.2, -0.15) is 0 Å². The Hall–Kier alpha value is -3.45. The van der Waals surface area contributed by atoms with E-state index in [1.54, 1.807) is 23.1 Å². The van der Waals surface area contributed by atoms with Crippen molar-refractivity contribution < 1.29 is 14.4 Å². The minimum atomic E-state index is -0.566. The summed E-state index contributed by atoms with van der Waals surface area (Å²) < 4.78 is 0. The standard InChI is InChI=1S/C23H21N3O3S/c1-14-7-9-17(10-8-14)26-20(27)13-18(21(26)19-6-3-11-30-19)23(29)25-16-5-2-4-15(12-16)22(24)28/h2-12,18,21H,13H2,1H3,(H2,24,28)(H,25,29). The van der Waals surface area contributed by atoms with Gasteiger partial charge in [-0.25, -0.2) is 0 Å². The van der Waals surface area contributed by atoms with E-state index in [0.717, 1.165) is 16.1 Å². The minimum absolute atomic E-state index is 0.0942. The van der Waals surface area contributed by atoms with Crippen LogP contribution in [0.15, 0.2) is 66.0 Å². The smallest absolute Gasteiger partial charge is 0.248 e. The second kappa shape index (κ2) is 8.12. The molecule has 2 heterocycles. The SMILES string of the molecule is Cc1ccc(N2C(=O)CC(C(=O)Nc3cccc(C(N)=O)c3)C2c2cccs2)cc1. The van der Waals surface area contributed by atoms with Crippen molar-refractivity contribution >= 4 is 40.4 Å². The number of benzene rings is 2. The topological polar surface area (TPSA) is 92.5 Å². The fourth-order valence-electron chi connectivity index (χ4n) is 3.75. The van der Waals surface area contributed by atoms with Gasteiger partial charge in [0, 0.05) is 28.2 Å². The molecule has 2 aromatic carbocycles. The molecule has 152 valence electrons. The summed E-state index contributed by atoms with van der Waals surface area (Å²) in [6.45, 7) is 1.99. The van der Waals surface area contributed by atoms with Crippen molar-refractivity contribution in [1.29, 1.82) is 0 Å². The summed E-state index contributed by atoms with van der Waals surface area (Å²) in [5.41, 5.74) is 7.99. The van der Waals surface area contributed by atoms with Crippen LogP contribution in [0.1, 0.15) is 33.3 Å². The summed E-state index contributed by atoms with van der Waals surface area (Å²) in [7, 11) is 0. The summed E-state index contributed by atoms with van der Waals surface area (Å²) >= 11 is 1.52. The van der Waals surface area contributed by atoms with Crippen LogP contribution >= 0.6 is 11.3 Å². The molecule has 3 N–H and O–H groups in total. The lowest BCUT2D eigenvalue weighted by Gasteiger charge is -2.27.